The summed E-state index contributed by atoms with van der Waals surface area (Å²) >= 11 is 1.56. The molecule has 0 atom stereocenters. The Labute approximate surface area is 144 Å². The third-order valence-electron chi connectivity index (χ3n) is 4.49. The third-order valence-corrected chi connectivity index (χ3v) is 5.53. The van der Waals surface area contributed by atoms with Crippen LogP contribution in [0.3, 0.4) is 0 Å². The first-order valence-corrected chi connectivity index (χ1v) is 9.19. The number of aryl methyl sites for hydroxylation is 1. The highest BCUT2D eigenvalue weighted by Crippen LogP contribution is 2.26. The molecule has 124 valence electrons. The summed E-state index contributed by atoms with van der Waals surface area (Å²) in [4.78, 5) is 10.4. The summed E-state index contributed by atoms with van der Waals surface area (Å²) in [5.74, 6) is 0.197. The van der Waals surface area contributed by atoms with Crippen LogP contribution in [0.1, 0.15) is 32.1 Å². The lowest BCUT2D eigenvalue weighted by Crippen LogP contribution is -2.18. The molecule has 2 heterocycles. The van der Waals surface area contributed by atoms with Crippen molar-refractivity contribution in [2.24, 2.45) is 12.0 Å². The maximum atomic E-state index is 10.0. The van der Waals surface area contributed by atoms with E-state index >= 15 is 0 Å². The summed E-state index contributed by atoms with van der Waals surface area (Å²) in [5, 5.41) is 16.3. The normalized spacial score (nSPS) is 16.8. The molecule has 4 rings (SSSR count). The molecule has 3 aromatic rings. The maximum Gasteiger partial charge on any atom is 0.203 e. The highest BCUT2D eigenvalue weighted by molar-refractivity contribution is 7.12. The minimum absolute atomic E-state index is 0.197. The van der Waals surface area contributed by atoms with Crippen molar-refractivity contribution in [2.75, 3.05) is 0 Å². The van der Waals surface area contributed by atoms with Gasteiger partial charge in [-0.3, -0.25) is 4.99 Å². The first-order chi connectivity index (χ1) is 11.7. The van der Waals surface area contributed by atoms with E-state index in [1.807, 2.05) is 36.0 Å². The van der Waals surface area contributed by atoms with Crippen molar-refractivity contribution in [3.05, 3.63) is 35.1 Å². The molecule has 0 spiro atoms. The van der Waals surface area contributed by atoms with Gasteiger partial charge in [-0.25, -0.2) is 9.67 Å². The molecule has 0 aliphatic heterocycles. The number of phenolic OH excluding ortho intramolecular Hbond substituents is 1. The number of hydrogen-bond acceptors (Lipinski definition) is 5. The lowest BCUT2D eigenvalue weighted by molar-refractivity contribution is 0.434. The van der Waals surface area contributed by atoms with Gasteiger partial charge < -0.3 is 5.11 Å². The number of nitrogens with zero attached hydrogens (tertiary/aromatic N) is 4. The van der Waals surface area contributed by atoms with Crippen molar-refractivity contribution in [3.8, 4) is 16.5 Å². The fourth-order valence-corrected chi connectivity index (χ4v) is 4.11. The Kier molecular flexibility index (Phi) is 4.06. The number of aromatic hydroxyl groups is 1. The van der Waals surface area contributed by atoms with E-state index in [0.29, 0.717) is 11.6 Å². The van der Waals surface area contributed by atoms with Crippen LogP contribution in [0.4, 0.5) is 0 Å². The topological polar surface area (TPSA) is 63.3 Å². The molecule has 1 aliphatic carbocycles. The number of phenols is 1. The standard InChI is InChI=1S/C18H20N4OS/c1-22-18(19-13-7-3-2-4-8-13)24-17(21-22)14-11-10-12-6-5-9-15(23)16(12)20-14/h5-6,9-11,13,23H,2-4,7-8H2,1H3. The summed E-state index contributed by atoms with van der Waals surface area (Å²) in [5.41, 5.74) is 1.38. The molecule has 0 radical (unpaired) electrons. The maximum absolute atomic E-state index is 10.0. The highest BCUT2D eigenvalue weighted by atomic mass is 32.1. The second-order valence-corrected chi connectivity index (χ2v) is 7.24. The van der Waals surface area contributed by atoms with Gasteiger partial charge in [0.25, 0.3) is 0 Å². The smallest absolute Gasteiger partial charge is 0.203 e. The Balaban J connectivity index is 1.73. The monoisotopic (exact) mass is 340 g/mol. The predicted molar refractivity (Wildman–Crippen MR) is 95.9 cm³/mol. The van der Waals surface area contributed by atoms with Crippen LogP contribution in [0.5, 0.6) is 5.75 Å². The third kappa shape index (κ3) is 2.94. The fraction of sp³-hybridized carbons (Fsp3) is 0.389. The van der Waals surface area contributed by atoms with Crippen LogP contribution >= 0.6 is 11.3 Å². The van der Waals surface area contributed by atoms with Crippen LogP contribution < -0.4 is 4.80 Å². The average molecular weight is 340 g/mol. The van der Waals surface area contributed by atoms with Gasteiger partial charge in [0, 0.05) is 12.4 Å². The van der Waals surface area contributed by atoms with Gasteiger partial charge in [0.15, 0.2) is 5.01 Å². The van der Waals surface area contributed by atoms with Crippen LogP contribution in [-0.4, -0.2) is 25.9 Å². The number of aromatic nitrogens is 3. The van der Waals surface area contributed by atoms with E-state index < -0.39 is 0 Å². The number of rotatable bonds is 2. The highest BCUT2D eigenvalue weighted by Gasteiger charge is 2.14. The molecule has 0 bridgehead atoms. The Morgan fingerprint density at radius 3 is 2.83 bits per heavy atom. The summed E-state index contributed by atoms with van der Waals surface area (Å²) in [6, 6.07) is 9.76. The van der Waals surface area contributed by atoms with Crippen molar-refractivity contribution in [3.63, 3.8) is 0 Å². The summed E-state index contributed by atoms with van der Waals surface area (Å²) in [6.45, 7) is 0. The zero-order valence-electron chi connectivity index (χ0n) is 13.6. The summed E-state index contributed by atoms with van der Waals surface area (Å²) < 4.78 is 1.84. The van der Waals surface area contributed by atoms with Crippen LogP contribution in [0.25, 0.3) is 21.6 Å². The van der Waals surface area contributed by atoms with Crippen molar-refractivity contribution in [1.82, 2.24) is 14.8 Å². The average Bonchev–Trinajstić information content (AvgIpc) is 2.97. The number of para-hydroxylation sites is 1. The van der Waals surface area contributed by atoms with E-state index in [2.05, 4.69) is 10.1 Å². The van der Waals surface area contributed by atoms with Crippen LogP contribution in [0.15, 0.2) is 35.3 Å². The van der Waals surface area contributed by atoms with Crippen molar-refractivity contribution >= 4 is 22.2 Å². The van der Waals surface area contributed by atoms with Crippen molar-refractivity contribution in [1.29, 1.82) is 0 Å². The zero-order chi connectivity index (χ0) is 16.5. The number of benzene rings is 1. The first-order valence-electron chi connectivity index (χ1n) is 8.38. The van der Waals surface area contributed by atoms with Crippen LogP contribution in [0, 0.1) is 0 Å². The lowest BCUT2D eigenvalue weighted by atomic mass is 9.96. The molecule has 24 heavy (non-hydrogen) atoms. The van der Waals surface area contributed by atoms with Gasteiger partial charge in [-0.15, -0.1) is 0 Å². The first kappa shape index (κ1) is 15.3. The van der Waals surface area contributed by atoms with Gasteiger partial charge in [0.2, 0.25) is 4.80 Å². The summed E-state index contributed by atoms with van der Waals surface area (Å²) in [7, 11) is 1.93. The second-order valence-electron chi connectivity index (χ2n) is 6.28. The molecular weight excluding hydrogens is 320 g/mol. The minimum Gasteiger partial charge on any atom is -0.506 e. The quantitative estimate of drug-likeness (QED) is 0.775. The molecule has 1 aromatic carbocycles. The predicted octanol–water partition coefficient (Wildman–Crippen LogP) is 3.64. The summed E-state index contributed by atoms with van der Waals surface area (Å²) in [6.07, 6.45) is 6.23. The van der Waals surface area contributed by atoms with Gasteiger partial charge in [-0.05, 0) is 25.0 Å². The van der Waals surface area contributed by atoms with E-state index in [1.165, 1.54) is 32.1 Å². The van der Waals surface area contributed by atoms with Crippen LogP contribution in [0.2, 0.25) is 0 Å². The van der Waals surface area contributed by atoms with Gasteiger partial charge in [0.1, 0.15) is 17.0 Å². The van der Waals surface area contributed by atoms with Crippen molar-refractivity contribution < 1.29 is 5.11 Å². The molecule has 1 saturated carbocycles. The number of fused-ring (bicyclic) bond motifs is 1. The number of pyridine rings is 1. The Morgan fingerprint density at radius 2 is 2.00 bits per heavy atom. The molecule has 5 nitrogen and oxygen atoms in total. The molecular formula is C18H20N4OS. The molecule has 1 fully saturated rings. The zero-order valence-corrected chi connectivity index (χ0v) is 14.5. The largest absolute Gasteiger partial charge is 0.506 e. The van der Waals surface area contributed by atoms with Gasteiger partial charge in [-0.1, -0.05) is 48.8 Å². The Hall–Kier alpha value is -2.21. The molecule has 0 saturated heterocycles. The molecule has 0 amide bonds. The van der Waals surface area contributed by atoms with Gasteiger partial charge in [-0.2, -0.15) is 5.10 Å². The van der Waals surface area contributed by atoms with E-state index in [0.717, 1.165) is 20.9 Å². The lowest BCUT2D eigenvalue weighted by Gasteiger charge is -2.16. The van der Waals surface area contributed by atoms with E-state index in [1.54, 1.807) is 17.4 Å². The van der Waals surface area contributed by atoms with Crippen LogP contribution in [-0.2, 0) is 7.05 Å². The molecule has 2 aromatic heterocycles. The molecule has 1 N–H and O–H groups in total. The minimum atomic E-state index is 0.197. The Morgan fingerprint density at radius 1 is 1.17 bits per heavy atom. The fourth-order valence-electron chi connectivity index (χ4n) is 3.18. The number of hydrogen-bond donors (Lipinski definition) is 1. The Bertz CT molecular complexity index is 938. The molecule has 0 unspecified atom stereocenters. The van der Waals surface area contributed by atoms with E-state index in [-0.39, 0.29) is 5.75 Å². The molecule has 6 heteroatoms. The van der Waals surface area contributed by atoms with Crippen molar-refractivity contribution in [2.45, 2.75) is 38.1 Å². The second kappa shape index (κ2) is 6.36. The van der Waals surface area contributed by atoms with E-state index in [9.17, 15) is 5.11 Å². The molecule has 1 aliphatic rings. The van der Waals surface area contributed by atoms with Gasteiger partial charge >= 0.3 is 0 Å². The van der Waals surface area contributed by atoms with Gasteiger partial charge in [0.05, 0.1) is 6.04 Å². The SMILES string of the molecule is Cn1nc(-c2ccc3cccc(O)c3n2)sc1=NC1CCCCC1. The van der Waals surface area contributed by atoms with E-state index in [4.69, 9.17) is 4.99 Å².